The molecule has 0 bridgehead atoms. The zero-order valence-corrected chi connectivity index (χ0v) is 22.5. The Hall–Kier alpha value is -0.360. The average molecular weight is 519 g/mol. The predicted octanol–water partition coefficient (Wildman–Crippen LogP) is 8.30. The van der Waals surface area contributed by atoms with E-state index in [1.54, 1.807) is 0 Å². The molecule has 4 rings (SSSR count). The molecule has 4 aliphatic carbocycles. The van der Waals surface area contributed by atoms with Crippen LogP contribution >= 0.6 is 0 Å². The minimum absolute atomic E-state index is 0.139. The lowest BCUT2D eigenvalue weighted by atomic mass is 9.67. The molecule has 0 saturated heterocycles. The number of ether oxygens (including phenoxy) is 1. The summed E-state index contributed by atoms with van der Waals surface area (Å²) in [5.41, 5.74) is 0. The van der Waals surface area contributed by atoms with Gasteiger partial charge >= 0.3 is 0 Å². The van der Waals surface area contributed by atoms with E-state index < -0.39 is 36.9 Å². The summed E-state index contributed by atoms with van der Waals surface area (Å²) < 4.78 is 65.8. The fourth-order valence-electron chi connectivity index (χ4n) is 8.34. The van der Waals surface area contributed by atoms with Crippen molar-refractivity contribution in [3.8, 4) is 0 Å². The molecule has 1 N–H and O–H groups in total. The van der Waals surface area contributed by atoms with E-state index in [9.17, 15) is 13.9 Å². The third-order valence-electron chi connectivity index (χ3n) is 10.7. The van der Waals surface area contributed by atoms with E-state index in [0.717, 1.165) is 70.1 Å². The molecule has 0 aromatic carbocycles. The molecule has 210 valence electrons. The van der Waals surface area contributed by atoms with Crippen molar-refractivity contribution < 1.29 is 27.4 Å². The van der Waals surface area contributed by atoms with Gasteiger partial charge in [-0.25, -0.2) is 17.6 Å². The van der Waals surface area contributed by atoms with Gasteiger partial charge in [-0.2, -0.15) is 0 Å². The molecule has 0 radical (unpaired) electrons. The SMILES string of the molecule is CCCC1CCC(C2CCC(OC(O)[C@H]3CCC(C4CCC(CC)CC4)C(F)[C@H]3F)CC2)C(F)C1F. The number of aliphatic hydroxyl groups is 1. The van der Waals surface area contributed by atoms with Gasteiger partial charge in [0, 0.05) is 5.92 Å². The average Bonchev–Trinajstić information content (AvgIpc) is 2.89. The number of alkyl halides is 4. The maximum atomic E-state index is 15.2. The molecule has 2 nitrogen and oxygen atoms in total. The minimum Gasteiger partial charge on any atom is -0.368 e. The van der Waals surface area contributed by atoms with E-state index in [2.05, 4.69) is 6.92 Å². The van der Waals surface area contributed by atoms with Crippen LogP contribution in [0, 0.1) is 41.4 Å². The van der Waals surface area contributed by atoms with E-state index in [-0.39, 0.29) is 35.7 Å². The summed E-state index contributed by atoms with van der Waals surface area (Å²) in [5, 5.41) is 10.7. The molecule has 0 aromatic rings. The smallest absolute Gasteiger partial charge is 0.160 e. The van der Waals surface area contributed by atoms with Crippen molar-refractivity contribution in [1.82, 2.24) is 0 Å². The Morgan fingerprint density at radius 1 is 0.667 bits per heavy atom. The van der Waals surface area contributed by atoms with Crippen LogP contribution in [-0.4, -0.2) is 42.2 Å². The normalized spacial score (nSPS) is 47.4. The monoisotopic (exact) mass is 518 g/mol. The molecule has 0 aliphatic heterocycles. The molecule has 9 atom stereocenters. The van der Waals surface area contributed by atoms with Crippen molar-refractivity contribution in [2.45, 2.75) is 147 Å². The lowest BCUT2D eigenvalue weighted by molar-refractivity contribution is -0.203. The standard InChI is InChI=1S/C30H50F4O2/c1-3-5-21-12-15-23(27(32)26(21)31)20-10-13-22(14-11-20)36-30(35)25-17-16-24(28(33)29(25)34)19-8-6-18(4-2)7-9-19/h18-30,35H,3-17H2,1-2H3/t18?,19?,20?,21?,22?,23?,24?,25-,26?,27?,28?,29-,30?/m0/s1. The first kappa shape index (κ1) is 28.6. The Bertz CT molecular complexity index is 649. The van der Waals surface area contributed by atoms with Gasteiger partial charge in [0.05, 0.1) is 6.10 Å². The minimum atomic E-state index is -1.69. The summed E-state index contributed by atoms with van der Waals surface area (Å²) in [5.74, 6) is -0.313. The molecule has 4 fully saturated rings. The Morgan fingerprint density at radius 3 is 1.81 bits per heavy atom. The molecule has 4 saturated carbocycles. The highest BCUT2D eigenvalue weighted by Crippen LogP contribution is 2.47. The fraction of sp³-hybridized carbons (Fsp3) is 1.00. The number of hydrogen-bond donors (Lipinski definition) is 1. The second-order valence-electron chi connectivity index (χ2n) is 12.7. The number of aliphatic hydroxyl groups excluding tert-OH is 1. The van der Waals surface area contributed by atoms with Gasteiger partial charge in [0.2, 0.25) is 0 Å². The van der Waals surface area contributed by atoms with E-state index in [1.165, 1.54) is 6.42 Å². The van der Waals surface area contributed by atoms with Crippen LogP contribution in [0.25, 0.3) is 0 Å². The maximum absolute atomic E-state index is 15.2. The van der Waals surface area contributed by atoms with Gasteiger partial charge < -0.3 is 9.84 Å². The first-order valence-corrected chi connectivity index (χ1v) is 15.2. The van der Waals surface area contributed by atoms with Gasteiger partial charge in [-0.3, -0.25) is 0 Å². The number of hydrogen-bond acceptors (Lipinski definition) is 2. The van der Waals surface area contributed by atoms with Crippen molar-refractivity contribution in [3.63, 3.8) is 0 Å². The van der Waals surface area contributed by atoms with E-state index in [0.29, 0.717) is 25.7 Å². The van der Waals surface area contributed by atoms with Crippen LogP contribution < -0.4 is 0 Å². The lowest BCUT2D eigenvalue weighted by Gasteiger charge is -2.43. The molecule has 0 aromatic heterocycles. The van der Waals surface area contributed by atoms with Crippen molar-refractivity contribution >= 4 is 0 Å². The van der Waals surface area contributed by atoms with Gasteiger partial charge in [0.15, 0.2) is 6.29 Å². The third kappa shape index (κ3) is 6.43. The molecule has 7 unspecified atom stereocenters. The second-order valence-corrected chi connectivity index (χ2v) is 12.7. The maximum Gasteiger partial charge on any atom is 0.160 e. The molecule has 0 heterocycles. The molecule has 36 heavy (non-hydrogen) atoms. The van der Waals surface area contributed by atoms with Crippen LogP contribution in [0.1, 0.15) is 110 Å². The highest BCUT2D eigenvalue weighted by atomic mass is 19.2. The summed E-state index contributed by atoms with van der Waals surface area (Å²) >= 11 is 0. The van der Waals surface area contributed by atoms with E-state index in [4.69, 9.17) is 4.74 Å². The highest BCUT2D eigenvalue weighted by Gasteiger charge is 2.48. The van der Waals surface area contributed by atoms with Crippen LogP contribution in [0.5, 0.6) is 0 Å². The van der Waals surface area contributed by atoms with Gasteiger partial charge in [0.1, 0.15) is 24.7 Å². The van der Waals surface area contributed by atoms with Crippen LogP contribution in [0.15, 0.2) is 0 Å². The first-order valence-electron chi connectivity index (χ1n) is 15.2. The topological polar surface area (TPSA) is 29.5 Å². The van der Waals surface area contributed by atoms with Crippen molar-refractivity contribution in [2.24, 2.45) is 41.4 Å². The molecule has 0 amide bonds. The predicted molar refractivity (Wildman–Crippen MR) is 135 cm³/mol. The van der Waals surface area contributed by atoms with Gasteiger partial charge in [-0.05, 0) is 106 Å². The van der Waals surface area contributed by atoms with E-state index >= 15 is 8.78 Å². The highest BCUT2D eigenvalue weighted by molar-refractivity contribution is 4.95. The lowest BCUT2D eigenvalue weighted by Crippen LogP contribution is -2.47. The van der Waals surface area contributed by atoms with Gasteiger partial charge in [-0.15, -0.1) is 0 Å². The third-order valence-corrected chi connectivity index (χ3v) is 10.7. The Labute approximate surface area is 216 Å². The van der Waals surface area contributed by atoms with Crippen molar-refractivity contribution in [3.05, 3.63) is 0 Å². The Kier molecular flexibility index (Phi) is 10.4. The summed E-state index contributed by atoms with van der Waals surface area (Å²) in [6, 6.07) is 0. The summed E-state index contributed by atoms with van der Waals surface area (Å²) in [7, 11) is 0. The quantitative estimate of drug-likeness (QED) is 0.259. The van der Waals surface area contributed by atoms with Crippen LogP contribution in [0.4, 0.5) is 17.6 Å². The summed E-state index contributed by atoms with van der Waals surface area (Å²) in [6.07, 6.45) is 4.93. The van der Waals surface area contributed by atoms with Crippen molar-refractivity contribution in [2.75, 3.05) is 0 Å². The zero-order chi connectivity index (χ0) is 25.8. The van der Waals surface area contributed by atoms with Crippen LogP contribution in [-0.2, 0) is 4.74 Å². The first-order chi connectivity index (χ1) is 17.3. The van der Waals surface area contributed by atoms with Gasteiger partial charge in [-0.1, -0.05) is 39.5 Å². The molecule has 0 spiro atoms. The largest absolute Gasteiger partial charge is 0.368 e. The number of rotatable bonds is 8. The molecular weight excluding hydrogens is 468 g/mol. The summed E-state index contributed by atoms with van der Waals surface area (Å²) in [4.78, 5) is 0. The Balaban J connectivity index is 1.22. The van der Waals surface area contributed by atoms with Crippen LogP contribution in [0.3, 0.4) is 0 Å². The molecule has 4 aliphatic rings. The number of halogens is 4. The molecule has 6 heteroatoms. The summed E-state index contributed by atoms with van der Waals surface area (Å²) in [6.45, 7) is 4.22. The van der Waals surface area contributed by atoms with Crippen LogP contribution in [0.2, 0.25) is 0 Å². The fourth-order valence-corrected chi connectivity index (χ4v) is 8.34. The van der Waals surface area contributed by atoms with Crippen molar-refractivity contribution in [1.29, 1.82) is 0 Å². The zero-order valence-electron chi connectivity index (χ0n) is 22.5. The molecular formula is C30H50F4O2. The van der Waals surface area contributed by atoms with E-state index in [1.807, 2.05) is 6.92 Å². The van der Waals surface area contributed by atoms with Gasteiger partial charge in [0.25, 0.3) is 0 Å². The Morgan fingerprint density at radius 2 is 1.22 bits per heavy atom. The second kappa shape index (κ2) is 13.1.